The lowest BCUT2D eigenvalue weighted by atomic mass is 10.0. The summed E-state index contributed by atoms with van der Waals surface area (Å²) in [6.45, 7) is 1.62. The number of nitrogens with zero attached hydrogens (tertiary/aromatic N) is 3. The number of halogens is 1. The van der Waals surface area contributed by atoms with Gasteiger partial charge in [0.25, 0.3) is 5.56 Å². The highest BCUT2D eigenvalue weighted by atomic mass is 19.1. The van der Waals surface area contributed by atoms with Gasteiger partial charge in [-0.1, -0.05) is 0 Å². The summed E-state index contributed by atoms with van der Waals surface area (Å²) in [5, 5.41) is 3.50. The zero-order chi connectivity index (χ0) is 18.4. The van der Waals surface area contributed by atoms with E-state index in [1.54, 1.807) is 32.3 Å². The first-order chi connectivity index (χ1) is 12.5. The molecule has 4 rings (SSSR count). The van der Waals surface area contributed by atoms with Crippen LogP contribution in [0.15, 0.2) is 35.5 Å². The molecule has 1 N–H and O–H groups in total. The Balaban J connectivity index is 1.83. The van der Waals surface area contributed by atoms with Crippen molar-refractivity contribution in [1.29, 1.82) is 0 Å². The van der Waals surface area contributed by atoms with E-state index in [0.29, 0.717) is 28.0 Å². The molecule has 1 amide bonds. The van der Waals surface area contributed by atoms with Gasteiger partial charge in [0.05, 0.1) is 11.7 Å². The largest absolute Gasteiger partial charge is 0.311 e. The molecule has 0 radical (unpaired) electrons. The third-order valence-electron chi connectivity index (χ3n) is 4.75. The molecule has 0 spiro atoms. The average Bonchev–Trinajstić information content (AvgIpc) is 3.46. The standard InChI is InChI=1S/C19H17FN4O2/c1-10-14(8-21-9-15(10)20)13-5-12-7-22-17(23-18(25)11-3-4-11)6-16(12)24(2)19(13)26/h5-9,11H,3-4H2,1-2H3,(H,22,23,25). The maximum absolute atomic E-state index is 13.8. The molecule has 0 saturated heterocycles. The maximum Gasteiger partial charge on any atom is 0.258 e. The third kappa shape index (κ3) is 2.75. The number of carbonyl (C=O) groups is 1. The van der Waals surface area contributed by atoms with E-state index < -0.39 is 5.82 Å². The second-order valence-corrected chi connectivity index (χ2v) is 6.61. The molecule has 1 fully saturated rings. The van der Waals surface area contributed by atoms with Crippen molar-refractivity contribution in [3.05, 3.63) is 52.5 Å². The summed E-state index contributed by atoms with van der Waals surface area (Å²) in [5.74, 6) is -0.0104. The predicted molar refractivity (Wildman–Crippen MR) is 96.3 cm³/mol. The highest BCUT2D eigenvalue weighted by molar-refractivity contribution is 5.95. The van der Waals surface area contributed by atoms with Crippen molar-refractivity contribution in [2.75, 3.05) is 5.32 Å². The zero-order valence-corrected chi connectivity index (χ0v) is 14.4. The smallest absolute Gasteiger partial charge is 0.258 e. The fourth-order valence-corrected chi connectivity index (χ4v) is 2.97. The van der Waals surface area contributed by atoms with Crippen molar-refractivity contribution in [3.63, 3.8) is 0 Å². The van der Waals surface area contributed by atoms with Gasteiger partial charge in [-0.25, -0.2) is 9.37 Å². The Morgan fingerprint density at radius 1 is 1.23 bits per heavy atom. The minimum absolute atomic E-state index is 0.0417. The van der Waals surface area contributed by atoms with Crippen LogP contribution in [0.3, 0.4) is 0 Å². The molecule has 1 saturated carbocycles. The number of nitrogens with one attached hydrogen (secondary N) is 1. The number of fused-ring (bicyclic) bond motifs is 1. The first kappa shape index (κ1) is 16.4. The molecule has 1 aliphatic carbocycles. The van der Waals surface area contributed by atoms with Crippen LogP contribution in [-0.4, -0.2) is 20.4 Å². The Kier molecular flexibility index (Phi) is 3.79. The predicted octanol–water partition coefficient (Wildman–Crippen LogP) is 2.79. The van der Waals surface area contributed by atoms with Crippen molar-refractivity contribution in [2.45, 2.75) is 19.8 Å². The van der Waals surface area contributed by atoms with Gasteiger partial charge in [0.2, 0.25) is 5.91 Å². The van der Waals surface area contributed by atoms with Crippen LogP contribution in [-0.2, 0) is 11.8 Å². The number of hydrogen-bond donors (Lipinski definition) is 1. The van der Waals surface area contributed by atoms with Gasteiger partial charge in [-0.15, -0.1) is 0 Å². The van der Waals surface area contributed by atoms with E-state index in [4.69, 9.17) is 0 Å². The highest BCUT2D eigenvalue weighted by Crippen LogP contribution is 2.30. The monoisotopic (exact) mass is 352 g/mol. The van der Waals surface area contributed by atoms with E-state index in [9.17, 15) is 14.0 Å². The van der Waals surface area contributed by atoms with Gasteiger partial charge in [0.1, 0.15) is 11.6 Å². The maximum atomic E-state index is 13.8. The Hall–Kier alpha value is -3.09. The lowest BCUT2D eigenvalue weighted by Crippen LogP contribution is -2.20. The quantitative estimate of drug-likeness (QED) is 0.786. The zero-order valence-electron chi connectivity index (χ0n) is 14.4. The number of aromatic nitrogens is 3. The van der Waals surface area contributed by atoms with Crippen molar-refractivity contribution in [1.82, 2.24) is 14.5 Å². The number of amides is 1. The van der Waals surface area contributed by atoms with E-state index in [2.05, 4.69) is 15.3 Å². The number of aryl methyl sites for hydroxylation is 1. The van der Waals surface area contributed by atoms with Crippen LogP contribution in [0.2, 0.25) is 0 Å². The Labute approximate surface area is 148 Å². The van der Waals surface area contributed by atoms with Crippen LogP contribution in [0.5, 0.6) is 0 Å². The number of anilines is 1. The van der Waals surface area contributed by atoms with Crippen molar-refractivity contribution < 1.29 is 9.18 Å². The number of hydrogen-bond acceptors (Lipinski definition) is 4. The summed E-state index contributed by atoms with van der Waals surface area (Å²) in [4.78, 5) is 32.8. The van der Waals surface area contributed by atoms with Crippen molar-refractivity contribution >= 4 is 22.6 Å². The molecule has 0 aliphatic heterocycles. The Morgan fingerprint density at radius 2 is 2.00 bits per heavy atom. The summed E-state index contributed by atoms with van der Waals surface area (Å²) >= 11 is 0. The van der Waals surface area contributed by atoms with E-state index in [0.717, 1.165) is 24.4 Å². The molecular weight excluding hydrogens is 335 g/mol. The topological polar surface area (TPSA) is 76.9 Å². The molecule has 0 aromatic carbocycles. The summed E-state index contributed by atoms with van der Waals surface area (Å²) < 4.78 is 15.3. The first-order valence-electron chi connectivity index (χ1n) is 8.37. The molecule has 6 nitrogen and oxygen atoms in total. The Bertz CT molecular complexity index is 1100. The molecule has 3 aromatic rings. The molecule has 0 bridgehead atoms. The van der Waals surface area contributed by atoms with Gasteiger partial charge in [0.15, 0.2) is 0 Å². The van der Waals surface area contributed by atoms with Crippen LogP contribution in [0.25, 0.3) is 22.0 Å². The fourth-order valence-electron chi connectivity index (χ4n) is 2.97. The lowest BCUT2D eigenvalue weighted by Gasteiger charge is -2.12. The van der Waals surface area contributed by atoms with E-state index >= 15 is 0 Å². The van der Waals surface area contributed by atoms with Crippen molar-refractivity contribution in [2.24, 2.45) is 13.0 Å². The lowest BCUT2D eigenvalue weighted by molar-refractivity contribution is -0.117. The van der Waals surface area contributed by atoms with Crippen LogP contribution >= 0.6 is 0 Å². The van der Waals surface area contributed by atoms with Gasteiger partial charge in [-0.05, 0) is 31.4 Å². The van der Waals surface area contributed by atoms with Crippen LogP contribution in [0, 0.1) is 18.7 Å². The third-order valence-corrected chi connectivity index (χ3v) is 4.75. The minimum atomic E-state index is -0.457. The Morgan fingerprint density at radius 3 is 2.73 bits per heavy atom. The fraction of sp³-hybridized carbons (Fsp3) is 0.263. The highest BCUT2D eigenvalue weighted by Gasteiger charge is 2.29. The average molecular weight is 352 g/mol. The molecule has 0 unspecified atom stereocenters. The normalized spacial score (nSPS) is 13.8. The van der Waals surface area contributed by atoms with Gasteiger partial charge in [-0.3, -0.25) is 14.6 Å². The summed E-state index contributed by atoms with van der Waals surface area (Å²) in [6.07, 6.45) is 6.02. The second-order valence-electron chi connectivity index (χ2n) is 6.61. The van der Waals surface area contributed by atoms with Gasteiger partial charge in [-0.2, -0.15) is 0 Å². The SMILES string of the molecule is Cc1c(F)cncc1-c1cc2cnc(NC(=O)C3CC3)cc2n(C)c1=O. The van der Waals surface area contributed by atoms with E-state index in [1.165, 1.54) is 10.8 Å². The molecule has 3 aromatic heterocycles. The van der Waals surface area contributed by atoms with Gasteiger partial charge in [0, 0.05) is 47.9 Å². The van der Waals surface area contributed by atoms with Crippen LogP contribution < -0.4 is 10.9 Å². The van der Waals surface area contributed by atoms with Gasteiger partial charge < -0.3 is 9.88 Å². The molecule has 3 heterocycles. The molecular formula is C19H17FN4O2. The number of carbonyl (C=O) groups excluding carboxylic acids is 1. The number of rotatable bonds is 3. The van der Waals surface area contributed by atoms with Crippen molar-refractivity contribution in [3.8, 4) is 11.1 Å². The molecule has 7 heteroatoms. The second kappa shape index (κ2) is 6.01. The van der Waals surface area contributed by atoms with Crippen LogP contribution in [0.4, 0.5) is 10.2 Å². The van der Waals surface area contributed by atoms with E-state index in [1.807, 2.05) is 0 Å². The summed E-state index contributed by atoms with van der Waals surface area (Å²) in [6, 6.07) is 3.36. The molecule has 26 heavy (non-hydrogen) atoms. The van der Waals surface area contributed by atoms with Gasteiger partial charge >= 0.3 is 0 Å². The molecule has 132 valence electrons. The number of pyridine rings is 3. The summed E-state index contributed by atoms with van der Waals surface area (Å²) in [5.41, 5.74) is 1.57. The first-order valence-corrected chi connectivity index (χ1v) is 8.37. The molecule has 0 atom stereocenters. The summed E-state index contributed by atoms with van der Waals surface area (Å²) in [7, 11) is 1.64. The minimum Gasteiger partial charge on any atom is -0.311 e. The molecule has 1 aliphatic rings. The van der Waals surface area contributed by atoms with Crippen LogP contribution in [0.1, 0.15) is 18.4 Å². The van der Waals surface area contributed by atoms with E-state index in [-0.39, 0.29) is 17.4 Å².